The van der Waals surface area contributed by atoms with Crippen LogP contribution < -0.4 is 10.6 Å². The first-order valence-corrected chi connectivity index (χ1v) is 11.3. The highest BCUT2D eigenvalue weighted by molar-refractivity contribution is 14.0. The number of benzene rings is 1. The number of likely N-dealkylation sites (tertiary alicyclic amines) is 1. The number of ether oxygens (including phenoxy) is 2. The third-order valence-electron chi connectivity index (χ3n) is 5.82. The third kappa shape index (κ3) is 8.32. The predicted molar refractivity (Wildman–Crippen MR) is 134 cm³/mol. The average Bonchev–Trinajstić information content (AvgIpc) is 3.23. The number of rotatable bonds is 9. The SMILES string of the molecule is CCNC(=NCc1cccc(COC2CCOCC2)c1)NCC1CCCN1CC.I. The summed E-state index contributed by atoms with van der Waals surface area (Å²) in [5.41, 5.74) is 2.43. The van der Waals surface area contributed by atoms with E-state index in [-0.39, 0.29) is 24.0 Å². The van der Waals surface area contributed by atoms with E-state index in [0.717, 1.165) is 51.6 Å². The van der Waals surface area contributed by atoms with E-state index < -0.39 is 0 Å². The standard InChI is InChI=1S/C23H38N4O2.HI/c1-3-24-23(26-17-21-9-6-12-27(21)4-2)25-16-19-7-5-8-20(15-19)18-29-22-10-13-28-14-11-22;/h5,7-8,15,21-22H,3-4,6,9-14,16-18H2,1-2H3,(H2,24,25,26);1H. The van der Waals surface area contributed by atoms with Crippen molar-refractivity contribution in [1.82, 2.24) is 15.5 Å². The van der Waals surface area contributed by atoms with Crippen LogP contribution in [0.25, 0.3) is 0 Å². The van der Waals surface area contributed by atoms with Gasteiger partial charge in [-0.3, -0.25) is 4.90 Å². The van der Waals surface area contributed by atoms with E-state index in [2.05, 4.69) is 53.6 Å². The zero-order valence-corrected chi connectivity index (χ0v) is 20.9. The molecule has 1 aromatic carbocycles. The van der Waals surface area contributed by atoms with Crippen LogP contribution in [-0.2, 0) is 22.6 Å². The normalized spacial score (nSPS) is 20.7. The molecule has 0 bridgehead atoms. The topological polar surface area (TPSA) is 58.1 Å². The van der Waals surface area contributed by atoms with Crippen LogP contribution in [0.3, 0.4) is 0 Å². The average molecular weight is 530 g/mol. The number of guanidine groups is 1. The molecule has 2 N–H and O–H groups in total. The van der Waals surface area contributed by atoms with Crippen LogP contribution in [-0.4, -0.2) is 62.4 Å². The van der Waals surface area contributed by atoms with E-state index in [1.165, 1.54) is 30.5 Å². The lowest BCUT2D eigenvalue weighted by Gasteiger charge is -2.24. The van der Waals surface area contributed by atoms with Crippen molar-refractivity contribution >= 4 is 29.9 Å². The van der Waals surface area contributed by atoms with Gasteiger partial charge in [-0.05, 0) is 56.8 Å². The van der Waals surface area contributed by atoms with Gasteiger partial charge in [0.2, 0.25) is 0 Å². The third-order valence-corrected chi connectivity index (χ3v) is 5.82. The molecular weight excluding hydrogens is 491 g/mol. The van der Waals surface area contributed by atoms with Crippen LogP contribution in [0.2, 0.25) is 0 Å². The van der Waals surface area contributed by atoms with Gasteiger partial charge in [0, 0.05) is 32.3 Å². The Bertz CT molecular complexity index is 637. The van der Waals surface area contributed by atoms with Gasteiger partial charge in [-0.1, -0.05) is 31.2 Å². The minimum atomic E-state index is 0. The highest BCUT2D eigenvalue weighted by Crippen LogP contribution is 2.16. The molecule has 3 rings (SSSR count). The van der Waals surface area contributed by atoms with Crippen LogP contribution >= 0.6 is 24.0 Å². The molecule has 0 amide bonds. The summed E-state index contributed by atoms with van der Waals surface area (Å²) in [6.45, 7) is 11.5. The van der Waals surface area contributed by atoms with Crippen LogP contribution in [0.15, 0.2) is 29.3 Å². The fourth-order valence-electron chi connectivity index (χ4n) is 4.14. The molecule has 1 atom stereocenters. The first-order valence-electron chi connectivity index (χ1n) is 11.3. The van der Waals surface area contributed by atoms with Crippen LogP contribution in [0, 0.1) is 0 Å². The molecular formula is C23H39IN4O2. The molecule has 1 unspecified atom stereocenters. The Kier molecular flexibility index (Phi) is 12.0. The molecule has 2 aliphatic rings. The van der Waals surface area contributed by atoms with E-state index in [1.54, 1.807) is 0 Å². The molecule has 2 aliphatic heterocycles. The summed E-state index contributed by atoms with van der Waals surface area (Å²) >= 11 is 0. The van der Waals surface area contributed by atoms with Gasteiger partial charge in [0.25, 0.3) is 0 Å². The van der Waals surface area contributed by atoms with Crippen LogP contribution in [0.1, 0.15) is 50.7 Å². The highest BCUT2D eigenvalue weighted by Gasteiger charge is 2.22. The second kappa shape index (κ2) is 14.2. The fraction of sp³-hybridized carbons (Fsp3) is 0.696. The Hall–Kier alpha value is -0.900. The van der Waals surface area contributed by atoms with E-state index in [9.17, 15) is 0 Å². The summed E-state index contributed by atoms with van der Waals surface area (Å²) in [7, 11) is 0. The summed E-state index contributed by atoms with van der Waals surface area (Å²) in [6, 6.07) is 9.21. The molecule has 170 valence electrons. The first-order chi connectivity index (χ1) is 14.3. The Labute approximate surface area is 199 Å². The monoisotopic (exact) mass is 530 g/mol. The number of nitrogens with one attached hydrogen (secondary N) is 2. The molecule has 0 spiro atoms. The van der Waals surface area contributed by atoms with Crippen molar-refractivity contribution < 1.29 is 9.47 Å². The lowest BCUT2D eigenvalue weighted by atomic mass is 10.1. The Morgan fingerprint density at radius 3 is 2.73 bits per heavy atom. The van der Waals surface area contributed by atoms with Crippen molar-refractivity contribution in [3.05, 3.63) is 35.4 Å². The van der Waals surface area contributed by atoms with Gasteiger partial charge < -0.3 is 20.1 Å². The summed E-state index contributed by atoms with van der Waals surface area (Å²) < 4.78 is 11.5. The van der Waals surface area contributed by atoms with Gasteiger partial charge in [0.15, 0.2) is 5.96 Å². The number of nitrogens with zero attached hydrogens (tertiary/aromatic N) is 2. The second-order valence-electron chi connectivity index (χ2n) is 7.94. The number of hydrogen-bond donors (Lipinski definition) is 2. The summed E-state index contributed by atoms with van der Waals surface area (Å²) in [5, 5.41) is 6.92. The Balaban J connectivity index is 0.00000320. The maximum Gasteiger partial charge on any atom is 0.191 e. The minimum absolute atomic E-state index is 0. The smallest absolute Gasteiger partial charge is 0.191 e. The molecule has 0 aromatic heterocycles. The number of hydrogen-bond acceptors (Lipinski definition) is 4. The Morgan fingerprint density at radius 1 is 1.17 bits per heavy atom. The second-order valence-corrected chi connectivity index (χ2v) is 7.94. The molecule has 0 aliphatic carbocycles. The largest absolute Gasteiger partial charge is 0.381 e. The molecule has 6 nitrogen and oxygen atoms in total. The quantitative estimate of drug-likeness (QED) is 0.291. The minimum Gasteiger partial charge on any atom is -0.381 e. The van der Waals surface area contributed by atoms with E-state index >= 15 is 0 Å². The summed E-state index contributed by atoms with van der Waals surface area (Å²) in [6.07, 6.45) is 4.90. The van der Waals surface area contributed by atoms with Crippen LogP contribution in [0.4, 0.5) is 0 Å². The van der Waals surface area contributed by atoms with Gasteiger partial charge in [-0.2, -0.15) is 0 Å². The lowest BCUT2D eigenvalue weighted by molar-refractivity contribution is -0.0390. The van der Waals surface area contributed by atoms with Gasteiger partial charge in [-0.15, -0.1) is 24.0 Å². The lowest BCUT2D eigenvalue weighted by Crippen LogP contribution is -2.44. The van der Waals surface area contributed by atoms with E-state index in [4.69, 9.17) is 14.5 Å². The molecule has 0 saturated carbocycles. The van der Waals surface area contributed by atoms with Crippen molar-refractivity contribution in [2.24, 2.45) is 4.99 Å². The van der Waals surface area contributed by atoms with E-state index in [1.807, 2.05) is 0 Å². The number of aliphatic imine (C=N–C) groups is 1. The van der Waals surface area contributed by atoms with Crippen molar-refractivity contribution in [3.63, 3.8) is 0 Å². The van der Waals surface area contributed by atoms with Crippen molar-refractivity contribution in [1.29, 1.82) is 0 Å². The molecule has 1 aromatic rings. The zero-order valence-electron chi connectivity index (χ0n) is 18.6. The van der Waals surface area contributed by atoms with Crippen LogP contribution in [0.5, 0.6) is 0 Å². The van der Waals surface area contributed by atoms with Crippen molar-refractivity contribution in [3.8, 4) is 0 Å². The fourth-order valence-corrected chi connectivity index (χ4v) is 4.14. The predicted octanol–water partition coefficient (Wildman–Crippen LogP) is 3.54. The number of likely N-dealkylation sites (N-methyl/N-ethyl adjacent to an activating group) is 1. The molecule has 2 saturated heterocycles. The van der Waals surface area contributed by atoms with E-state index in [0.29, 0.717) is 25.3 Å². The molecule has 2 fully saturated rings. The molecule has 2 heterocycles. The first kappa shape index (κ1) is 25.4. The highest BCUT2D eigenvalue weighted by atomic mass is 127. The Morgan fingerprint density at radius 2 is 1.97 bits per heavy atom. The van der Waals surface area contributed by atoms with Gasteiger partial charge in [0.05, 0.1) is 19.3 Å². The zero-order chi connectivity index (χ0) is 20.3. The number of halogens is 1. The maximum absolute atomic E-state index is 6.06. The molecule has 0 radical (unpaired) electrons. The summed E-state index contributed by atoms with van der Waals surface area (Å²) in [4.78, 5) is 7.36. The molecule has 30 heavy (non-hydrogen) atoms. The van der Waals surface area contributed by atoms with Crippen molar-refractivity contribution in [2.75, 3.05) is 39.4 Å². The summed E-state index contributed by atoms with van der Waals surface area (Å²) in [5.74, 6) is 0.902. The molecule has 7 heteroatoms. The van der Waals surface area contributed by atoms with Crippen molar-refractivity contribution in [2.45, 2.75) is 64.8 Å². The van der Waals surface area contributed by atoms with Gasteiger partial charge >= 0.3 is 0 Å². The van der Waals surface area contributed by atoms with Gasteiger partial charge in [0.1, 0.15) is 0 Å². The van der Waals surface area contributed by atoms with Gasteiger partial charge in [-0.25, -0.2) is 4.99 Å². The maximum atomic E-state index is 6.06.